The molecular weight excluding hydrogens is 439 g/mol. The number of thiazole rings is 1. The van der Waals surface area contributed by atoms with Crippen LogP contribution < -0.4 is 16.4 Å². The first kappa shape index (κ1) is 21.6. The number of halogens is 1. The summed E-state index contributed by atoms with van der Waals surface area (Å²) < 4.78 is 25.0. The zero-order valence-electron chi connectivity index (χ0n) is 17.2. The van der Waals surface area contributed by atoms with Crippen LogP contribution in [0.3, 0.4) is 0 Å². The lowest BCUT2D eigenvalue weighted by Gasteiger charge is -2.32. The van der Waals surface area contributed by atoms with Crippen molar-refractivity contribution in [1.29, 1.82) is 5.41 Å². The number of piperidine rings is 1. The number of ether oxygens (including phenoxy) is 1. The normalized spacial score (nSPS) is 14.4. The molecule has 1 aliphatic heterocycles. The Morgan fingerprint density at radius 3 is 2.88 bits per heavy atom. The number of nitrogens with zero attached hydrogens (tertiary/aromatic N) is 3. The number of benzene rings is 1. The van der Waals surface area contributed by atoms with Gasteiger partial charge in [0.25, 0.3) is 0 Å². The largest absolute Gasteiger partial charge is 0.480 e. The molecule has 0 bridgehead atoms. The molecule has 3 heterocycles. The number of hydrogen-bond acceptors (Lipinski definition) is 8. The summed E-state index contributed by atoms with van der Waals surface area (Å²) >= 11 is 1.16. The summed E-state index contributed by atoms with van der Waals surface area (Å²) in [6.45, 7) is 4.43. The topological polar surface area (TPSA) is 125 Å². The third kappa shape index (κ3) is 4.08. The number of anilines is 2. The Labute approximate surface area is 185 Å². The second kappa shape index (κ2) is 8.83. The van der Waals surface area contributed by atoms with Gasteiger partial charge in [-0.25, -0.2) is 19.0 Å². The van der Waals surface area contributed by atoms with Gasteiger partial charge in [-0.05, 0) is 31.2 Å². The number of amides is 2. The SMILES string of the molecule is C=CNc1sc(NC(=O)N2CCC(n3c(=O)oc4cc(F)ccc43)CC2)nc1C(=N)OC. The number of likely N-dealkylation sites (tertiary alicyclic amines) is 1. The second-order valence-corrected chi connectivity index (χ2v) is 8.08. The van der Waals surface area contributed by atoms with E-state index in [2.05, 4.69) is 22.2 Å². The third-order valence-corrected chi connectivity index (χ3v) is 6.09. The number of carbonyl (C=O) groups excluding carboxylic acids is 1. The minimum Gasteiger partial charge on any atom is -0.480 e. The Bertz CT molecular complexity index is 1240. The Hall–Kier alpha value is -3.67. The summed E-state index contributed by atoms with van der Waals surface area (Å²) in [5, 5.41) is 14.3. The number of fused-ring (bicyclic) bond motifs is 1. The summed E-state index contributed by atoms with van der Waals surface area (Å²) in [4.78, 5) is 30.9. The van der Waals surface area contributed by atoms with Crippen molar-refractivity contribution in [1.82, 2.24) is 14.5 Å². The highest BCUT2D eigenvalue weighted by Gasteiger charge is 2.28. The molecule has 0 aliphatic carbocycles. The molecule has 1 aliphatic rings. The molecule has 0 unspecified atom stereocenters. The molecule has 4 rings (SSSR count). The fourth-order valence-corrected chi connectivity index (χ4v) is 4.51. The van der Waals surface area contributed by atoms with E-state index in [1.54, 1.807) is 4.90 Å². The lowest BCUT2D eigenvalue weighted by atomic mass is 10.0. The van der Waals surface area contributed by atoms with E-state index < -0.39 is 11.6 Å². The highest BCUT2D eigenvalue weighted by molar-refractivity contribution is 7.20. The second-order valence-electron chi connectivity index (χ2n) is 7.08. The number of hydrogen-bond donors (Lipinski definition) is 3. The van der Waals surface area contributed by atoms with E-state index in [0.29, 0.717) is 41.6 Å². The van der Waals surface area contributed by atoms with Gasteiger partial charge in [-0.2, -0.15) is 0 Å². The fraction of sp³-hybridized carbons (Fsp3) is 0.300. The average Bonchev–Trinajstić information content (AvgIpc) is 3.32. The number of urea groups is 1. The molecule has 1 saturated heterocycles. The number of aromatic nitrogens is 2. The molecule has 0 atom stereocenters. The fourth-order valence-electron chi connectivity index (χ4n) is 3.67. The summed E-state index contributed by atoms with van der Waals surface area (Å²) in [5.74, 6) is -1.14. The maximum absolute atomic E-state index is 13.4. The molecule has 168 valence electrons. The summed E-state index contributed by atoms with van der Waals surface area (Å²) in [5.41, 5.74) is 1.02. The van der Waals surface area contributed by atoms with Crippen LogP contribution in [-0.4, -0.2) is 46.6 Å². The molecule has 10 nitrogen and oxygen atoms in total. The van der Waals surface area contributed by atoms with Gasteiger partial charge in [0.15, 0.2) is 16.4 Å². The number of methoxy groups -OCH3 is 1. The van der Waals surface area contributed by atoms with Crippen LogP contribution in [0.25, 0.3) is 11.1 Å². The van der Waals surface area contributed by atoms with Crippen molar-refractivity contribution in [2.75, 3.05) is 30.8 Å². The van der Waals surface area contributed by atoms with Crippen LogP contribution >= 0.6 is 11.3 Å². The smallest absolute Gasteiger partial charge is 0.420 e. The van der Waals surface area contributed by atoms with Gasteiger partial charge in [-0.15, -0.1) is 0 Å². The van der Waals surface area contributed by atoms with Crippen LogP contribution in [0.4, 0.5) is 19.3 Å². The van der Waals surface area contributed by atoms with Gasteiger partial charge in [0, 0.05) is 25.2 Å². The zero-order valence-corrected chi connectivity index (χ0v) is 18.0. The van der Waals surface area contributed by atoms with E-state index in [1.807, 2.05) is 0 Å². The number of carbonyl (C=O) groups is 1. The molecule has 3 aromatic rings. The van der Waals surface area contributed by atoms with Crippen molar-refractivity contribution in [2.45, 2.75) is 18.9 Å². The molecule has 32 heavy (non-hydrogen) atoms. The van der Waals surface area contributed by atoms with Crippen molar-refractivity contribution in [3.05, 3.63) is 53.0 Å². The van der Waals surface area contributed by atoms with Crippen molar-refractivity contribution in [3.63, 3.8) is 0 Å². The van der Waals surface area contributed by atoms with Gasteiger partial charge in [0.2, 0.25) is 5.90 Å². The summed E-state index contributed by atoms with van der Waals surface area (Å²) in [7, 11) is 1.37. The number of nitrogens with one attached hydrogen (secondary N) is 3. The number of rotatable bonds is 5. The van der Waals surface area contributed by atoms with Crippen LogP contribution in [0.15, 0.2) is 40.2 Å². The molecule has 0 saturated carbocycles. The lowest BCUT2D eigenvalue weighted by molar-refractivity contribution is 0.182. The molecule has 3 N–H and O–H groups in total. The van der Waals surface area contributed by atoms with E-state index >= 15 is 0 Å². The van der Waals surface area contributed by atoms with Crippen molar-refractivity contribution >= 4 is 44.5 Å². The molecule has 0 spiro atoms. The predicted molar refractivity (Wildman–Crippen MR) is 119 cm³/mol. The minimum atomic E-state index is -0.536. The minimum absolute atomic E-state index is 0.135. The first-order valence-electron chi connectivity index (χ1n) is 9.79. The highest BCUT2D eigenvalue weighted by Crippen LogP contribution is 2.30. The molecular formula is C20H21FN6O4S. The first-order valence-corrected chi connectivity index (χ1v) is 10.6. The average molecular weight is 460 g/mol. The number of oxazole rings is 1. The highest BCUT2D eigenvalue weighted by atomic mass is 32.1. The van der Waals surface area contributed by atoms with Crippen LogP contribution in [0.1, 0.15) is 24.6 Å². The Morgan fingerprint density at radius 1 is 1.44 bits per heavy atom. The lowest BCUT2D eigenvalue weighted by Crippen LogP contribution is -2.42. The van der Waals surface area contributed by atoms with Gasteiger partial charge in [-0.3, -0.25) is 15.3 Å². The Morgan fingerprint density at radius 2 is 2.19 bits per heavy atom. The van der Waals surface area contributed by atoms with E-state index in [9.17, 15) is 14.0 Å². The van der Waals surface area contributed by atoms with Gasteiger partial charge >= 0.3 is 11.8 Å². The van der Waals surface area contributed by atoms with Gasteiger partial charge in [-0.1, -0.05) is 17.9 Å². The van der Waals surface area contributed by atoms with Crippen molar-refractivity contribution in [3.8, 4) is 0 Å². The zero-order chi connectivity index (χ0) is 22.8. The van der Waals surface area contributed by atoms with E-state index in [-0.39, 0.29) is 29.2 Å². The van der Waals surface area contributed by atoms with Crippen LogP contribution in [0, 0.1) is 11.2 Å². The predicted octanol–water partition coefficient (Wildman–Crippen LogP) is 3.59. The van der Waals surface area contributed by atoms with Crippen LogP contribution in [0.2, 0.25) is 0 Å². The van der Waals surface area contributed by atoms with Gasteiger partial charge in [0.05, 0.1) is 12.6 Å². The van der Waals surface area contributed by atoms with E-state index in [0.717, 1.165) is 11.3 Å². The van der Waals surface area contributed by atoms with Crippen molar-refractivity contribution < 1.29 is 18.3 Å². The van der Waals surface area contributed by atoms with Crippen molar-refractivity contribution in [2.24, 2.45) is 0 Å². The van der Waals surface area contributed by atoms with E-state index in [1.165, 1.54) is 36.1 Å². The van der Waals surface area contributed by atoms with Crippen LogP contribution in [0.5, 0.6) is 0 Å². The maximum Gasteiger partial charge on any atom is 0.420 e. The van der Waals surface area contributed by atoms with Gasteiger partial charge < -0.3 is 19.4 Å². The van der Waals surface area contributed by atoms with Crippen LogP contribution in [-0.2, 0) is 4.74 Å². The Kier molecular flexibility index (Phi) is 5.95. The van der Waals surface area contributed by atoms with E-state index in [4.69, 9.17) is 14.6 Å². The standard InChI is InChI=1S/C20H21FN6O4S/c1-3-23-17-15(16(22)30-2)24-18(32-17)25-19(28)26-8-6-12(7-9-26)27-13-5-4-11(21)10-14(13)31-20(27)29/h3-5,10,12,22-23H,1,6-9H2,2H3,(H,24,25,28). The first-order chi connectivity index (χ1) is 15.4. The summed E-state index contributed by atoms with van der Waals surface area (Å²) in [6, 6.07) is 3.52. The monoisotopic (exact) mass is 460 g/mol. The molecule has 2 aromatic heterocycles. The summed E-state index contributed by atoms with van der Waals surface area (Å²) in [6.07, 6.45) is 2.53. The molecule has 12 heteroatoms. The third-order valence-electron chi connectivity index (χ3n) is 5.19. The Balaban J connectivity index is 1.43. The molecule has 0 radical (unpaired) electrons. The molecule has 2 amide bonds. The maximum atomic E-state index is 13.4. The van der Waals surface area contributed by atoms with Gasteiger partial charge in [0.1, 0.15) is 10.8 Å². The molecule has 1 aromatic carbocycles. The molecule has 1 fully saturated rings. The quantitative estimate of drug-likeness (QED) is 0.395.